The maximum Gasteiger partial charge on any atom is 0.224 e. The summed E-state index contributed by atoms with van der Waals surface area (Å²) in [5.41, 5.74) is 0.743. The second-order valence-electron chi connectivity index (χ2n) is 6.97. The second-order valence-corrected chi connectivity index (χ2v) is 6.97. The average molecular weight is 375 g/mol. The van der Waals surface area contributed by atoms with Crippen molar-refractivity contribution in [1.29, 1.82) is 0 Å². The molecule has 1 heterocycles. The lowest BCUT2D eigenvalue weighted by Crippen LogP contribution is -2.50. The molecular weight excluding hydrogens is 346 g/mol. The molecule has 148 valence electrons. The van der Waals surface area contributed by atoms with Gasteiger partial charge < -0.3 is 19.4 Å². The van der Waals surface area contributed by atoms with E-state index in [0.29, 0.717) is 32.7 Å². The van der Waals surface area contributed by atoms with Crippen LogP contribution in [0.15, 0.2) is 24.3 Å². The minimum absolute atomic E-state index is 0.00390. The number of carbonyl (C=O) groups is 3. The molecule has 0 N–H and O–H groups in total. The molecule has 1 fully saturated rings. The molecule has 1 aromatic rings. The van der Waals surface area contributed by atoms with Gasteiger partial charge in [0.05, 0.1) is 6.10 Å². The third-order valence-electron chi connectivity index (χ3n) is 4.53. The topological polar surface area (TPSA) is 70.2 Å². The van der Waals surface area contributed by atoms with E-state index in [4.69, 9.17) is 4.74 Å². The highest BCUT2D eigenvalue weighted by atomic mass is 16.5. The third kappa shape index (κ3) is 5.98. The summed E-state index contributed by atoms with van der Waals surface area (Å²) >= 11 is 0. The highest BCUT2D eigenvalue weighted by Crippen LogP contribution is 2.21. The lowest BCUT2D eigenvalue weighted by Gasteiger charge is -2.34. The Bertz CT molecular complexity index is 664. The van der Waals surface area contributed by atoms with Gasteiger partial charge in [-0.05, 0) is 38.1 Å². The largest absolute Gasteiger partial charge is 0.491 e. The predicted molar refractivity (Wildman–Crippen MR) is 104 cm³/mol. The van der Waals surface area contributed by atoms with Crippen molar-refractivity contribution in [1.82, 2.24) is 9.80 Å². The highest BCUT2D eigenvalue weighted by molar-refractivity contribution is 5.92. The van der Waals surface area contributed by atoms with E-state index in [1.807, 2.05) is 38.1 Å². The van der Waals surface area contributed by atoms with Crippen LogP contribution in [0.2, 0.25) is 0 Å². The molecule has 0 saturated carbocycles. The smallest absolute Gasteiger partial charge is 0.224 e. The molecule has 1 saturated heterocycles. The van der Waals surface area contributed by atoms with Crippen molar-refractivity contribution < 1.29 is 19.1 Å². The van der Waals surface area contributed by atoms with Crippen molar-refractivity contribution in [2.45, 2.75) is 40.2 Å². The van der Waals surface area contributed by atoms with Gasteiger partial charge in [-0.25, -0.2) is 0 Å². The van der Waals surface area contributed by atoms with Gasteiger partial charge in [-0.2, -0.15) is 0 Å². The molecule has 0 radical (unpaired) electrons. The zero-order chi connectivity index (χ0) is 20.0. The van der Waals surface area contributed by atoms with E-state index in [2.05, 4.69) is 0 Å². The van der Waals surface area contributed by atoms with Crippen molar-refractivity contribution >= 4 is 23.4 Å². The molecule has 7 heteroatoms. The van der Waals surface area contributed by atoms with Gasteiger partial charge in [-0.1, -0.05) is 0 Å². The van der Waals surface area contributed by atoms with E-state index < -0.39 is 0 Å². The molecule has 0 atom stereocenters. The molecule has 3 amide bonds. The Balaban J connectivity index is 1.92. The van der Waals surface area contributed by atoms with Crippen LogP contribution in [0.4, 0.5) is 5.69 Å². The number of benzene rings is 1. The van der Waals surface area contributed by atoms with E-state index in [-0.39, 0.29) is 30.2 Å². The van der Waals surface area contributed by atoms with Crippen molar-refractivity contribution in [3.8, 4) is 5.75 Å². The summed E-state index contributed by atoms with van der Waals surface area (Å²) in [7, 11) is 0. The molecule has 0 unspecified atom stereocenters. The number of hydrogen-bond acceptors (Lipinski definition) is 4. The Labute approximate surface area is 160 Å². The first-order valence-corrected chi connectivity index (χ1v) is 9.36. The van der Waals surface area contributed by atoms with E-state index in [0.717, 1.165) is 11.4 Å². The van der Waals surface area contributed by atoms with E-state index in [1.54, 1.807) is 21.6 Å². The molecule has 2 rings (SSSR count). The quantitative estimate of drug-likeness (QED) is 0.762. The summed E-state index contributed by atoms with van der Waals surface area (Å²) in [5, 5.41) is 0. The molecule has 0 aliphatic carbocycles. The summed E-state index contributed by atoms with van der Waals surface area (Å²) < 4.78 is 5.62. The van der Waals surface area contributed by atoms with Gasteiger partial charge in [0.25, 0.3) is 0 Å². The van der Waals surface area contributed by atoms with Crippen LogP contribution >= 0.6 is 0 Å². The second kappa shape index (κ2) is 9.39. The molecule has 7 nitrogen and oxygen atoms in total. The summed E-state index contributed by atoms with van der Waals surface area (Å²) in [6.45, 7) is 9.48. The van der Waals surface area contributed by atoms with Crippen LogP contribution in [0, 0.1) is 0 Å². The molecule has 1 aliphatic heterocycles. The molecule has 27 heavy (non-hydrogen) atoms. The Morgan fingerprint density at radius 2 is 1.56 bits per heavy atom. The SMILES string of the molecule is CC(=O)N1CCN(C(=O)CCN(C(C)=O)c2ccc(OC(C)C)cc2)CC1. The lowest BCUT2D eigenvalue weighted by atomic mass is 10.2. The van der Waals surface area contributed by atoms with E-state index in [1.165, 1.54) is 6.92 Å². The molecule has 0 bridgehead atoms. The fraction of sp³-hybridized carbons (Fsp3) is 0.550. The Hall–Kier alpha value is -2.57. The molecule has 0 aromatic heterocycles. The molecular formula is C20H29N3O4. The summed E-state index contributed by atoms with van der Waals surface area (Å²) in [4.78, 5) is 41.0. The van der Waals surface area contributed by atoms with Gasteiger partial charge >= 0.3 is 0 Å². The zero-order valence-electron chi connectivity index (χ0n) is 16.6. The lowest BCUT2D eigenvalue weighted by molar-refractivity contribution is -0.138. The van der Waals surface area contributed by atoms with Gasteiger partial charge in [-0.3, -0.25) is 14.4 Å². The Morgan fingerprint density at radius 3 is 2.04 bits per heavy atom. The van der Waals surface area contributed by atoms with Crippen molar-refractivity contribution in [3.63, 3.8) is 0 Å². The number of nitrogens with zero attached hydrogens (tertiary/aromatic N) is 3. The predicted octanol–water partition coefficient (Wildman–Crippen LogP) is 1.91. The number of rotatable bonds is 6. The van der Waals surface area contributed by atoms with Crippen molar-refractivity contribution in [2.75, 3.05) is 37.6 Å². The van der Waals surface area contributed by atoms with Crippen LogP contribution < -0.4 is 9.64 Å². The number of anilines is 1. The standard InChI is InChI=1S/C20H29N3O4/c1-15(2)27-19-7-5-18(6-8-19)23(17(4)25)10-9-20(26)22-13-11-21(12-14-22)16(3)24/h5-8,15H,9-14H2,1-4H3. The Morgan fingerprint density at radius 1 is 1.00 bits per heavy atom. The number of hydrogen-bond donors (Lipinski definition) is 0. The fourth-order valence-electron chi connectivity index (χ4n) is 3.08. The normalized spacial score (nSPS) is 14.3. The van der Waals surface area contributed by atoms with Crippen LogP contribution in [0.25, 0.3) is 0 Å². The van der Waals surface area contributed by atoms with Crippen LogP contribution in [-0.2, 0) is 14.4 Å². The van der Waals surface area contributed by atoms with Gasteiger partial charge in [0.2, 0.25) is 17.7 Å². The maximum absolute atomic E-state index is 12.5. The fourth-order valence-corrected chi connectivity index (χ4v) is 3.08. The molecule has 1 aromatic carbocycles. The summed E-state index contributed by atoms with van der Waals surface area (Å²) in [6.07, 6.45) is 0.338. The number of carbonyl (C=O) groups excluding carboxylic acids is 3. The summed E-state index contributed by atoms with van der Waals surface area (Å²) in [5.74, 6) is 0.678. The van der Waals surface area contributed by atoms with Gasteiger partial charge in [0, 0.05) is 58.7 Å². The third-order valence-corrected chi connectivity index (χ3v) is 4.53. The van der Waals surface area contributed by atoms with Crippen molar-refractivity contribution in [3.05, 3.63) is 24.3 Å². The number of piperazine rings is 1. The Kier molecular flexibility index (Phi) is 7.21. The number of ether oxygens (including phenoxy) is 1. The molecule has 1 aliphatic rings. The van der Waals surface area contributed by atoms with Crippen LogP contribution in [-0.4, -0.2) is 66.3 Å². The molecule has 0 spiro atoms. The van der Waals surface area contributed by atoms with Crippen LogP contribution in [0.1, 0.15) is 34.1 Å². The minimum atomic E-state index is -0.110. The first kappa shape index (κ1) is 20.7. The van der Waals surface area contributed by atoms with Gasteiger partial charge in [-0.15, -0.1) is 0 Å². The van der Waals surface area contributed by atoms with E-state index in [9.17, 15) is 14.4 Å². The zero-order valence-corrected chi connectivity index (χ0v) is 16.6. The van der Waals surface area contributed by atoms with Gasteiger partial charge in [0.15, 0.2) is 0 Å². The minimum Gasteiger partial charge on any atom is -0.491 e. The van der Waals surface area contributed by atoms with Crippen LogP contribution in [0.5, 0.6) is 5.75 Å². The van der Waals surface area contributed by atoms with Crippen molar-refractivity contribution in [2.24, 2.45) is 0 Å². The first-order chi connectivity index (χ1) is 12.8. The average Bonchev–Trinajstić information content (AvgIpc) is 2.62. The van der Waals surface area contributed by atoms with Crippen LogP contribution in [0.3, 0.4) is 0 Å². The van der Waals surface area contributed by atoms with Gasteiger partial charge in [0.1, 0.15) is 5.75 Å². The summed E-state index contributed by atoms with van der Waals surface area (Å²) in [6, 6.07) is 7.31. The maximum atomic E-state index is 12.5. The number of amides is 3. The highest BCUT2D eigenvalue weighted by Gasteiger charge is 2.23. The van der Waals surface area contributed by atoms with E-state index >= 15 is 0 Å². The first-order valence-electron chi connectivity index (χ1n) is 9.36. The monoisotopic (exact) mass is 375 g/mol.